The van der Waals surface area contributed by atoms with Crippen LogP contribution in [-0.4, -0.2) is 36.6 Å². The van der Waals surface area contributed by atoms with Crippen LogP contribution < -0.4 is 9.47 Å². The Labute approximate surface area is 220 Å². The molecule has 4 aromatic carbocycles. The van der Waals surface area contributed by atoms with Crippen LogP contribution in [-0.2, 0) is 5.41 Å². The third-order valence-electron chi connectivity index (χ3n) is 6.90. The van der Waals surface area contributed by atoms with E-state index in [4.69, 9.17) is 9.47 Å². The molecule has 0 aliphatic carbocycles. The highest BCUT2D eigenvalue weighted by atomic mass is 16.5. The lowest BCUT2D eigenvalue weighted by Crippen LogP contribution is -2.34. The highest BCUT2D eigenvalue weighted by molar-refractivity contribution is 5.67. The minimum Gasteiger partial charge on any atom is -0.491 e. The van der Waals surface area contributed by atoms with Crippen molar-refractivity contribution in [3.05, 3.63) is 129 Å². The maximum atomic E-state index is 9.28. The van der Waals surface area contributed by atoms with Gasteiger partial charge in [-0.25, -0.2) is 0 Å². The zero-order valence-corrected chi connectivity index (χ0v) is 22.1. The molecule has 2 N–H and O–H groups in total. The minimum absolute atomic E-state index is 0.0269. The Kier molecular flexibility index (Phi) is 8.32. The van der Waals surface area contributed by atoms with E-state index in [1.54, 1.807) is 0 Å². The van der Waals surface area contributed by atoms with Crippen molar-refractivity contribution in [2.75, 3.05) is 26.4 Å². The van der Waals surface area contributed by atoms with Crippen LogP contribution in [0.4, 0.5) is 0 Å². The Balaban J connectivity index is 2.12. The summed E-state index contributed by atoms with van der Waals surface area (Å²) >= 11 is 0. The van der Waals surface area contributed by atoms with E-state index in [2.05, 4.69) is 113 Å². The molecule has 0 bridgehead atoms. The van der Waals surface area contributed by atoms with Gasteiger partial charge in [-0.1, -0.05) is 60.7 Å². The van der Waals surface area contributed by atoms with E-state index < -0.39 is 5.41 Å². The molecule has 4 rings (SSSR count). The van der Waals surface area contributed by atoms with Gasteiger partial charge in [0.1, 0.15) is 24.7 Å². The standard InChI is InChI=1S/C33H36O4/c1-23-19-29(36-17-15-34)20-24(2)31(23)33(27-11-7-5-8-12-27,28-13-9-6-10-14-28)32-25(3)21-30(22-26(32)4)37-18-16-35/h5-14,19-22,34-35H,15-18H2,1-4H3. The predicted octanol–water partition coefficient (Wildman–Crippen LogP) is 6.05. The Bertz CT molecular complexity index is 1180. The number of aryl methyl sites for hydroxylation is 4. The molecular formula is C33H36O4. The lowest BCUT2D eigenvalue weighted by molar-refractivity contribution is 0.201. The largest absolute Gasteiger partial charge is 0.491 e. The van der Waals surface area contributed by atoms with Crippen LogP contribution in [0.15, 0.2) is 84.9 Å². The normalized spacial score (nSPS) is 11.4. The van der Waals surface area contributed by atoms with E-state index in [0.29, 0.717) is 0 Å². The molecule has 0 saturated heterocycles. The second-order valence-electron chi connectivity index (χ2n) is 9.49. The van der Waals surface area contributed by atoms with E-state index in [-0.39, 0.29) is 26.4 Å². The summed E-state index contributed by atoms with van der Waals surface area (Å²) in [7, 11) is 0. The molecule has 0 aliphatic heterocycles. The topological polar surface area (TPSA) is 58.9 Å². The van der Waals surface area contributed by atoms with Crippen molar-refractivity contribution < 1.29 is 19.7 Å². The lowest BCUT2D eigenvalue weighted by atomic mass is 9.61. The van der Waals surface area contributed by atoms with Crippen LogP contribution in [0.2, 0.25) is 0 Å². The maximum absolute atomic E-state index is 9.28. The minimum atomic E-state index is -0.601. The summed E-state index contributed by atoms with van der Waals surface area (Å²) in [5, 5.41) is 18.6. The van der Waals surface area contributed by atoms with E-state index in [1.165, 1.54) is 22.3 Å². The van der Waals surface area contributed by atoms with Gasteiger partial charge in [-0.2, -0.15) is 0 Å². The van der Waals surface area contributed by atoms with Gasteiger partial charge in [0.15, 0.2) is 0 Å². The number of aliphatic hydroxyl groups excluding tert-OH is 2. The van der Waals surface area contributed by atoms with Gasteiger partial charge in [0.2, 0.25) is 0 Å². The van der Waals surface area contributed by atoms with Gasteiger partial charge in [0, 0.05) is 0 Å². The maximum Gasteiger partial charge on any atom is 0.119 e. The number of aliphatic hydroxyl groups is 2. The van der Waals surface area contributed by atoms with E-state index >= 15 is 0 Å². The van der Waals surface area contributed by atoms with Gasteiger partial charge in [0.25, 0.3) is 0 Å². The summed E-state index contributed by atoms with van der Waals surface area (Å²) < 4.78 is 11.6. The molecule has 4 heteroatoms. The van der Waals surface area contributed by atoms with Crippen molar-refractivity contribution in [3.63, 3.8) is 0 Å². The zero-order valence-electron chi connectivity index (χ0n) is 22.1. The van der Waals surface area contributed by atoms with Crippen molar-refractivity contribution in [2.24, 2.45) is 0 Å². The second-order valence-corrected chi connectivity index (χ2v) is 9.49. The zero-order chi connectivity index (χ0) is 26.4. The summed E-state index contributed by atoms with van der Waals surface area (Å²) in [4.78, 5) is 0. The average molecular weight is 497 g/mol. The molecule has 0 radical (unpaired) electrons. The van der Waals surface area contributed by atoms with Crippen LogP contribution in [0.3, 0.4) is 0 Å². The third-order valence-corrected chi connectivity index (χ3v) is 6.90. The predicted molar refractivity (Wildman–Crippen MR) is 149 cm³/mol. The first-order valence-electron chi connectivity index (χ1n) is 12.7. The fourth-order valence-corrected chi connectivity index (χ4v) is 5.77. The summed E-state index contributed by atoms with van der Waals surface area (Å²) in [5.41, 5.74) is 8.60. The van der Waals surface area contributed by atoms with Crippen molar-refractivity contribution in [2.45, 2.75) is 33.1 Å². The first-order valence-corrected chi connectivity index (χ1v) is 12.7. The molecule has 0 fully saturated rings. The molecule has 37 heavy (non-hydrogen) atoms. The van der Waals surface area contributed by atoms with Gasteiger partial charge in [0.05, 0.1) is 18.6 Å². The number of benzene rings is 4. The Hall–Kier alpha value is -3.60. The molecule has 4 aromatic rings. The molecule has 0 saturated carbocycles. The molecule has 4 nitrogen and oxygen atoms in total. The second kappa shape index (κ2) is 11.6. The van der Waals surface area contributed by atoms with E-state index in [1.807, 2.05) is 0 Å². The monoisotopic (exact) mass is 496 g/mol. The van der Waals surface area contributed by atoms with Crippen molar-refractivity contribution in [3.8, 4) is 11.5 Å². The van der Waals surface area contributed by atoms with Crippen LogP contribution in [0, 0.1) is 27.7 Å². The van der Waals surface area contributed by atoms with Gasteiger partial charge in [-0.05, 0) is 96.5 Å². The average Bonchev–Trinajstić information content (AvgIpc) is 2.90. The summed E-state index contributed by atoms with van der Waals surface area (Å²) in [6.45, 7) is 9.01. The number of hydrogen-bond acceptors (Lipinski definition) is 4. The van der Waals surface area contributed by atoms with Gasteiger partial charge in [-0.15, -0.1) is 0 Å². The molecule has 0 atom stereocenters. The van der Waals surface area contributed by atoms with Crippen molar-refractivity contribution >= 4 is 0 Å². The Morgan fingerprint density at radius 3 is 1.16 bits per heavy atom. The fraction of sp³-hybridized carbons (Fsp3) is 0.273. The SMILES string of the molecule is Cc1cc(OCCO)cc(C)c1C(c1ccccc1)(c1ccccc1)c1c(C)cc(OCCO)cc1C. The number of ether oxygens (including phenoxy) is 2. The van der Waals surface area contributed by atoms with Gasteiger partial charge < -0.3 is 19.7 Å². The van der Waals surface area contributed by atoms with Crippen molar-refractivity contribution in [1.29, 1.82) is 0 Å². The summed E-state index contributed by atoms with van der Waals surface area (Å²) in [6, 6.07) is 29.6. The van der Waals surface area contributed by atoms with Crippen LogP contribution in [0.1, 0.15) is 44.5 Å². The van der Waals surface area contributed by atoms with Crippen LogP contribution in [0.25, 0.3) is 0 Å². The lowest BCUT2D eigenvalue weighted by Gasteiger charge is -2.41. The van der Waals surface area contributed by atoms with E-state index in [0.717, 1.165) is 33.8 Å². The smallest absolute Gasteiger partial charge is 0.119 e. The molecule has 192 valence electrons. The number of hydrogen-bond donors (Lipinski definition) is 2. The third kappa shape index (κ3) is 5.13. The fourth-order valence-electron chi connectivity index (χ4n) is 5.77. The molecule has 0 unspecified atom stereocenters. The summed E-state index contributed by atoms with van der Waals surface area (Å²) in [5.74, 6) is 1.51. The molecule has 0 aromatic heterocycles. The molecular weight excluding hydrogens is 460 g/mol. The Morgan fingerprint density at radius 2 is 0.865 bits per heavy atom. The quantitative estimate of drug-likeness (QED) is 0.263. The highest BCUT2D eigenvalue weighted by Gasteiger charge is 2.42. The van der Waals surface area contributed by atoms with Gasteiger partial charge >= 0.3 is 0 Å². The Morgan fingerprint density at radius 1 is 0.541 bits per heavy atom. The first-order chi connectivity index (χ1) is 17.9. The molecule has 0 amide bonds. The number of rotatable bonds is 10. The molecule has 0 heterocycles. The molecule has 0 spiro atoms. The van der Waals surface area contributed by atoms with E-state index in [9.17, 15) is 10.2 Å². The highest BCUT2D eigenvalue weighted by Crippen LogP contribution is 2.50. The van der Waals surface area contributed by atoms with Gasteiger partial charge in [-0.3, -0.25) is 0 Å². The van der Waals surface area contributed by atoms with Crippen molar-refractivity contribution in [1.82, 2.24) is 0 Å². The first kappa shape index (κ1) is 26.5. The van der Waals surface area contributed by atoms with Crippen LogP contribution >= 0.6 is 0 Å². The molecule has 0 aliphatic rings. The summed E-state index contributed by atoms with van der Waals surface area (Å²) in [6.07, 6.45) is 0. The van der Waals surface area contributed by atoms with Crippen LogP contribution in [0.5, 0.6) is 11.5 Å².